The molecule has 0 bridgehead atoms. The first-order valence-electron chi connectivity index (χ1n) is 7.30. The van der Waals surface area contributed by atoms with Gasteiger partial charge in [0.05, 0.1) is 5.56 Å². The molecule has 4 nitrogen and oxygen atoms in total. The summed E-state index contributed by atoms with van der Waals surface area (Å²) in [6.07, 6.45) is 5.08. The van der Waals surface area contributed by atoms with E-state index in [1.807, 2.05) is 24.3 Å². The van der Waals surface area contributed by atoms with Gasteiger partial charge < -0.3 is 15.1 Å². The van der Waals surface area contributed by atoms with Gasteiger partial charge in [-0.05, 0) is 44.3 Å². The summed E-state index contributed by atoms with van der Waals surface area (Å²) < 4.78 is 5.40. The molecule has 20 heavy (non-hydrogen) atoms. The lowest BCUT2D eigenvalue weighted by atomic mass is 9.96. The molecule has 1 saturated heterocycles. The molecule has 3 rings (SSSR count). The van der Waals surface area contributed by atoms with Crippen molar-refractivity contribution in [2.75, 3.05) is 19.6 Å². The average molecular weight is 272 g/mol. The number of rotatable bonds is 4. The number of hydrogen-bond acceptors (Lipinski definition) is 3. The highest BCUT2D eigenvalue weighted by molar-refractivity contribution is 6.05. The van der Waals surface area contributed by atoms with Crippen LogP contribution in [0.2, 0.25) is 0 Å². The number of amides is 1. The molecule has 1 atom stereocenters. The highest BCUT2D eigenvalue weighted by Gasteiger charge is 2.15. The molecule has 1 unspecified atom stereocenters. The zero-order valence-electron chi connectivity index (χ0n) is 11.5. The third kappa shape index (κ3) is 2.85. The number of nitrogens with one attached hydrogen (secondary N) is 2. The standard InChI is InChI=1S/C16H20N2O2/c19-16(18-9-7-12-4-3-8-17-10-12)14-11-20-15-6-2-1-5-13(14)15/h1-2,5-6,11-12,17H,3-4,7-10H2,(H,18,19). The van der Waals surface area contributed by atoms with Crippen LogP contribution in [0.15, 0.2) is 34.9 Å². The quantitative estimate of drug-likeness (QED) is 0.899. The van der Waals surface area contributed by atoms with E-state index in [4.69, 9.17) is 4.42 Å². The lowest BCUT2D eigenvalue weighted by Crippen LogP contribution is -2.33. The second kappa shape index (κ2) is 6.09. The summed E-state index contributed by atoms with van der Waals surface area (Å²) in [6, 6.07) is 7.62. The van der Waals surface area contributed by atoms with Crippen molar-refractivity contribution in [3.63, 3.8) is 0 Å². The summed E-state index contributed by atoms with van der Waals surface area (Å²) in [5.41, 5.74) is 1.39. The zero-order chi connectivity index (χ0) is 13.8. The predicted octanol–water partition coefficient (Wildman–Crippen LogP) is 2.55. The summed E-state index contributed by atoms with van der Waals surface area (Å²) in [4.78, 5) is 12.2. The molecule has 1 fully saturated rings. The molecule has 0 spiro atoms. The number of hydrogen-bond donors (Lipinski definition) is 2. The lowest BCUT2D eigenvalue weighted by Gasteiger charge is -2.22. The molecule has 106 valence electrons. The van der Waals surface area contributed by atoms with Crippen molar-refractivity contribution in [1.82, 2.24) is 10.6 Å². The fraction of sp³-hybridized carbons (Fsp3) is 0.438. The minimum atomic E-state index is -0.0429. The number of para-hydroxylation sites is 1. The lowest BCUT2D eigenvalue weighted by molar-refractivity contribution is 0.0951. The molecule has 0 aliphatic carbocycles. The van der Waals surface area contributed by atoms with Gasteiger partial charge in [-0.1, -0.05) is 18.2 Å². The van der Waals surface area contributed by atoms with Crippen LogP contribution in [0.5, 0.6) is 0 Å². The van der Waals surface area contributed by atoms with Crippen LogP contribution in [0.4, 0.5) is 0 Å². The van der Waals surface area contributed by atoms with Crippen LogP contribution < -0.4 is 10.6 Å². The molecule has 2 heterocycles. The highest BCUT2D eigenvalue weighted by atomic mass is 16.3. The summed E-state index contributed by atoms with van der Waals surface area (Å²) in [5.74, 6) is 0.642. The number of carbonyl (C=O) groups excluding carboxylic acids is 1. The van der Waals surface area contributed by atoms with Crippen molar-refractivity contribution in [3.8, 4) is 0 Å². The molecule has 1 aliphatic heterocycles. The van der Waals surface area contributed by atoms with Gasteiger partial charge >= 0.3 is 0 Å². The first-order valence-corrected chi connectivity index (χ1v) is 7.30. The molecule has 4 heteroatoms. The van der Waals surface area contributed by atoms with E-state index in [2.05, 4.69) is 10.6 Å². The third-order valence-electron chi connectivity index (χ3n) is 3.96. The van der Waals surface area contributed by atoms with Crippen molar-refractivity contribution >= 4 is 16.9 Å². The van der Waals surface area contributed by atoms with Crippen LogP contribution >= 0.6 is 0 Å². The minimum Gasteiger partial charge on any atom is -0.463 e. The van der Waals surface area contributed by atoms with Gasteiger partial charge in [-0.3, -0.25) is 4.79 Å². The molecule has 0 radical (unpaired) electrons. The van der Waals surface area contributed by atoms with Crippen molar-refractivity contribution in [3.05, 3.63) is 36.1 Å². The van der Waals surface area contributed by atoms with Crippen LogP contribution in [0, 0.1) is 5.92 Å². The molecular weight excluding hydrogens is 252 g/mol. The molecule has 1 aromatic heterocycles. The van der Waals surface area contributed by atoms with Crippen molar-refractivity contribution in [2.45, 2.75) is 19.3 Å². The Morgan fingerprint density at radius 1 is 1.40 bits per heavy atom. The maximum Gasteiger partial charge on any atom is 0.255 e. The van der Waals surface area contributed by atoms with E-state index in [1.165, 1.54) is 12.8 Å². The Labute approximate surface area is 118 Å². The Hall–Kier alpha value is -1.81. The van der Waals surface area contributed by atoms with Gasteiger partial charge in [-0.25, -0.2) is 0 Å². The van der Waals surface area contributed by atoms with Crippen LogP contribution in [0.25, 0.3) is 11.0 Å². The van der Waals surface area contributed by atoms with Gasteiger partial charge in [-0.2, -0.15) is 0 Å². The Balaban J connectivity index is 1.56. The average Bonchev–Trinajstić information content (AvgIpc) is 2.92. The highest BCUT2D eigenvalue weighted by Crippen LogP contribution is 2.20. The zero-order valence-corrected chi connectivity index (χ0v) is 11.5. The largest absolute Gasteiger partial charge is 0.463 e. The van der Waals surface area contributed by atoms with Crippen molar-refractivity contribution < 1.29 is 9.21 Å². The van der Waals surface area contributed by atoms with Gasteiger partial charge in [0.1, 0.15) is 11.8 Å². The van der Waals surface area contributed by atoms with Crippen LogP contribution in [0.3, 0.4) is 0 Å². The van der Waals surface area contributed by atoms with E-state index < -0.39 is 0 Å². The van der Waals surface area contributed by atoms with Crippen LogP contribution in [0.1, 0.15) is 29.6 Å². The number of piperidine rings is 1. The Morgan fingerprint density at radius 3 is 3.15 bits per heavy atom. The Kier molecular flexibility index (Phi) is 4.02. The van der Waals surface area contributed by atoms with Gasteiger partial charge in [0, 0.05) is 11.9 Å². The Morgan fingerprint density at radius 2 is 2.30 bits per heavy atom. The first-order chi connectivity index (χ1) is 9.84. The van der Waals surface area contributed by atoms with Gasteiger partial charge in [0.2, 0.25) is 0 Å². The predicted molar refractivity (Wildman–Crippen MR) is 78.8 cm³/mol. The maximum absolute atomic E-state index is 12.2. The minimum absolute atomic E-state index is 0.0429. The number of carbonyl (C=O) groups is 1. The van der Waals surface area contributed by atoms with Gasteiger partial charge in [0.15, 0.2) is 0 Å². The summed E-state index contributed by atoms with van der Waals surface area (Å²) in [5, 5.41) is 7.27. The summed E-state index contributed by atoms with van der Waals surface area (Å²) >= 11 is 0. The number of benzene rings is 1. The Bertz CT molecular complexity index is 585. The second-order valence-electron chi connectivity index (χ2n) is 5.40. The third-order valence-corrected chi connectivity index (χ3v) is 3.96. The number of furan rings is 1. The van der Waals surface area contributed by atoms with Crippen LogP contribution in [-0.4, -0.2) is 25.5 Å². The molecule has 1 aliphatic rings. The van der Waals surface area contributed by atoms with E-state index >= 15 is 0 Å². The first kappa shape index (κ1) is 13.2. The second-order valence-corrected chi connectivity index (χ2v) is 5.40. The van der Waals surface area contributed by atoms with Crippen molar-refractivity contribution in [2.24, 2.45) is 5.92 Å². The van der Waals surface area contributed by atoms with Gasteiger partial charge in [-0.15, -0.1) is 0 Å². The molecule has 1 amide bonds. The molecule has 2 aromatic rings. The smallest absolute Gasteiger partial charge is 0.255 e. The van der Waals surface area contributed by atoms with Crippen LogP contribution in [-0.2, 0) is 0 Å². The molecule has 1 aromatic carbocycles. The van der Waals surface area contributed by atoms with E-state index in [0.717, 1.165) is 37.0 Å². The van der Waals surface area contributed by atoms with E-state index in [0.29, 0.717) is 11.5 Å². The topological polar surface area (TPSA) is 54.3 Å². The van der Waals surface area contributed by atoms with Crippen molar-refractivity contribution in [1.29, 1.82) is 0 Å². The van der Waals surface area contributed by atoms with E-state index in [1.54, 1.807) is 6.26 Å². The summed E-state index contributed by atoms with van der Waals surface area (Å²) in [6.45, 7) is 2.93. The number of fused-ring (bicyclic) bond motifs is 1. The monoisotopic (exact) mass is 272 g/mol. The normalized spacial score (nSPS) is 19.1. The van der Waals surface area contributed by atoms with E-state index in [9.17, 15) is 4.79 Å². The molecular formula is C16H20N2O2. The fourth-order valence-corrected chi connectivity index (χ4v) is 2.81. The SMILES string of the molecule is O=C(NCCC1CCCNC1)c1coc2ccccc12. The fourth-order valence-electron chi connectivity index (χ4n) is 2.81. The molecule has 0 saturated carbocycles. The molecule has 2 N–H and O–H groups in total. The maximum atomic E-state index is 12.2. The van der Waals surface area contributed by atoms with E-state index in [-0.39, 0.29) is 5.91 Å². The summed E-state index contributed by atoms with van der Waals surface area (Å²) in [7, 11) is 0. The van der Waals surface area contributed by atoms with Gasteiger partial charge in [0.25, 0.3) is 5.91 Å².